The summed E-state index contributed by atoms with van der Waals surface area (Å²) in [6, 6.07) is 14.8. The number of aliphatic hydroxyl groups excluding tert-OH is 1. The summed E-state index contributed by atoms with van der Waals surface area (Å²) in [5.41, 5.74) is 4.46. The molecule has 1 unspecified atom stereocenters. The summed E-state index contributed by atoms with van der Waals surface area (Å²) in [5, 5.41) is 13.8. The van der Waals surface area contributed by atoms with Crippen LogP contribution in [0.1, 0.15) is 32.3 Å². The lowest BCUT2D eigenvalue weighted by molar-refractivity contribution is 0.252. The molecule has 1 aromatic heterocycles. The van der Waals surface area contributed by atoms with Gasteiger partial charge in [0.2, 0.25) is 0 Å². The SMILES string of the molecule is CCC(C)(CCO)Nc1ccc(-c2nc3ccc(C)cc3s2)cc1. The van der Waals surface area contributed by atoms with Crippen LogP contribution in [0.4, 0.5) is 5.69 Å². The molecule has 1 heterocycles. The van der Waals surface area contributed by atoms with Crippen LogP contribution in [0, 0.1) is 6.92 Å². The van der Waals surface area contributed by atoms with Crippen molar-refractivity contribution in [3.05, 3.63) is 48.0 Å². The number of rotatable bonds is 6. The molecule has 4 heteroatoms. The number of fused-ring (bicyclic) bond motifs is 1. The number of hydrogen-bond donors (Lipinski definition) is 2. The van der Waals surface area contributed by atoms with E-state index in [-0.39, 0.29) is 12.1 Å². The molecule has 0 saturated heterocycles. The van der Waals surface area contributed by atoms with Gasteiger partial charge < -0.3 is 10.4 Å². The van der Waals surface area contributed by atoms with Crippen molar-refractivity contribution in [2.45, 2.75) is 39.2 Å². The topological polar surface area (TPSA) is 45.1 Å². The van der Waals surface area contributed by atoms with Crippen molar-refractivity contribution in [2.75, 3.05) is 11.9 Å². The largest absolute Gasteiger partial charge is 0.396 e. The molecule has 3 rings (SSSR count). The van der Waals surface area contributed by atoms with Crippen LogP contribution in [-0.2, 0) is 0 Å². The van der Waals surface area contributed by atoms with E-state index in [4.69, 9.17) is 4.98 Å². The number of nitrogens with one attached hydrogen (secondary N) is 1. The lowest BCUT2D eigenvalue weighted by Gasteiger charge is -2.30. The van der Waals surface area contributed by atoms with Gasteiger partial charge in [0, 0.05) is 23.4 Å². The Morgan fingerprint density at radius 3 is 2.58 bits per heavy atom. The maximum atomic E-state index is 9.25. The fraction of sp³-hybridized carbons (Fsp3) is 0.350. The number of benzene rings is 2. The molecule has 0 radical (unpaired) electrons. The molecule has 0 bridgehead atoms. The van der Waals surface area contributed by atoms with Crippen LogP contribution in [0.25, 0.3) is 20.8 Å². The molecule has 24 heavy (non-hydrogen) atoms. The maximum Gasteiger partial charge on any atom is 0.124 e. The Balaban J connectivity index is 1.83. The molecule has 0 saturated carbocycles. The molecule has 1 atom stereocenters. The predicted molar refractivity (Wildman–Crippen MR) is 104 cm³/mol. The van der Waals surface area contributed by atoms with Crippen LogP contribution >= 0.6 is 11.3 Å². The summed E-state index contributed by atoms with van der Waals surface area (Å²) in [6.07, 6.45) is 1.70. The number of thiazole rings is 1. The Bertz CT molecular complexity index is 825. The summed E-state index contributed by atoms with van der Waals surface area (Å²) in [5.74, 6) is 0. The first-order valence-electron chi connectivity index (χ1n) is 8.40. The average molecular weight is 340 g/mol. The normalized spacial score (nSPS) is 13.8. The van der Waals surface area contributed by atoms with Crippen LogP contribution in [0.2, 0.25) is 0 Å². The summed E-state index contributed by atoms with van der Waals surface area (Å²) in [4.78, 5) is 4.74. The standard InChI is InChI=1S/C20H24N2OS/c1-4-20(3,11-12-23)22-16-8-6-15(7-9-16)19-21-17-10-5-14(2)13-18(17)24-19/h5-10,13,22-23H,4,11-12H2,1-3H3. The Hall–Kier alpha value is -1.91. The first kappa shape index (κ1) is 16.9. The highest BCUT2D eigenvalue weighted by atomic mass is 32.1. The summed E-state index contributed by atoms with van der Waals surface area (Å²) < 4.78 is 1.23. The molecule has 3 aromatic rings. The quantitative estimate of drug-likeness (QED) is 0.645. The van der Waals surface area contributed by atoms with E-state index in [1.165, 1.54) is 10.3 Å². The molecule has 0 fully saturated rings. The zero-order chi connectivity index (χ0) is 17.2. The molecule has 0 aliphatic rings. The lowest BCUT2D eigenvalue weighted by Crippen LogP contribution is -2.34. The van der Waals surface area contributed by atoms with E-state index in [2.05, 4.69) is 68.6 Å². The van der Waals surface area contributed by atoms with Gasteiger partial charge in [-0.2, -0.15) is 0 Å². The van der Waals surface area contributed by atoms with Gasteiger partial charge in [-0.3, -0.25) is 0 Å². The van der Waals surface area contributed by atoms with Gasteiger partial charge in [-0.05, 0) is 68.7 Å². The monoisotopic (exact) mass is 340 g/mol. The predicted octanol–water partition coefficient (Wildman–Crippen LogP) is 5.23. The first-order valence-corrected chi connectivity index (χ1v) is 9.21. The van der Waals surface area contributed by atoms with Gasteiger partial charge in [0.1, 0.15) is 5.01 Å². The van der Waals surface area contributed by atoms with Crippen LogP contribution in [0.5, 0.6) is 0 Å². The Morgan fingerprint density at radius 1 is 1.17 bits per heavy atom. The van der Waals surface area contributed by atoms with Crippen LogP contribution in [0.15, 0.2) is 42.5 Å². The fourth-order valence-electron chi connectivity index (χ4n) is 2.77. The van der Waals surface area contributed by atoms with Gasteiger partial charge in [0.25, 0.3) is 0 Å². The fourth-order valence-corrected chi connectivity index (χ4v) is 3.84. The van der Waals surface area contributed by atoms with Crippen LogP contribution in [0.3, 0.4) is 0 Å². The van der Waals surface area contributed by atoms with E-state index in [0.29, 0.717) is 0 Å². The Morgan fingerprint density at radius 2 is 1.92 bits per heavy atom. The van der Waals surface area contributed by atoms with E-state index in [9.17, 15) is 5.11 Å². The Labute approximate surface area is 147 Å². The van der Waals surface area contributed by atoms with Gasteiger partial charge in [-0.25, -0.2) is 4.98 Å². The highest BCUT2D eigenvalue weighted by Gasteiger charge is 2.20. The zero-order valence-corrected chi connectivity index (χ0v) is 15.3. The van der Waals surface area contributed by atoms with E-state index >= 15 is 0 Å². The third-order valence-electron chi connectivity index (χ3n) is 4.57. The summed E-state index contributed by atoms with van der Waals surface area (Å²) >= 11 is 1.73. The number of hydrogen-bond acceptors (Lipinski definition) is 4. The molecule has 0 aliphatic carbocycles. The van der Waals surface area contributed by atoms with Crippen molar-refractivity contribution >= 4 is 27.2 Å². The highest BCUT2D eigenvalue weighted by Crippen LogP contribution is 2.32. The van der Waals surface area contributed by atoms with E-state index in [0.717, 1.165) is 34.6 Å². The number of aliphatic hydroxyl groups is 1. The molecule has 2 aromatic carbocycles. The van der Waals surface area contributed by atoms with Gasteiger partial charge in [0.05, 0.1) is 10.2 Å². The molecule has 126 valence electrons. The second-order valence-corrected chi connectivity index (χ2v) is 7.61. The number of aromatic nitrogens is 1. The lowest BCUT2D eigenvalue weighted by atomic mass is 9.94. The van der Waals surface area contributed by atoms with Crippen molar-refractivity contribution in [2.24, 2.45) is 0 Å². The molecule has 0 aliphatic heterocycles. The smallest absolute Gasteiger partial charge is 0.124 e. The molecule has 0 amide bonds. The molecular formula is C20H24N2OS. The number of anilines is 1. The van der Waals surface area contributed by atoms with E-state index in [1.807, 2.05) is 0 Å². The van der Waals surface area contributed by atoms with Crippen LogP contribution in [-0.4, -0.2) is 22.2 Å². The first-order chi connectivity index (χ1) is 11.5. The summed E-state index contributed by atoms with van der Waals surface area (Å²) in [7, 11) is 0. The van der Waals surface area contributed by atoms with Gasteiger partial charge in [0.15, 0.2) is 0 Å². The molecule has 3 nitrogen and oxygen atoms in total. The molecular weight excluding hydrogens is 316 g/mol. The second kappa shape index (κ2) is 6.91. The second-order valence-electron chi connectivity index (χ2n) is 6.58. The minimum absolute atomic E-state index is 0.0797. The van der Waals surface area contributed by atoms with Crippen molar-refractivity contribution in [3.63, 3.8) is 0 Å². The maximum absolute atomic E-state index is 9.25. The van der Waals surface area contributed by atoms with Gasteiger partial charge in [-0.1, -0.05) is 13.0 Å². The van der Waals surface area contributed by atoms with Crippen molar-refractivity contribution in [1.29, 1.82) is 0 Å². The molecule has 0 spiro atoms. The van der Waals surface area contributed by atoms with Gasteiger partial charge >= 0.3 is 0 Å². The average Bonchev–Trinajstić information content (AvgIpc) is 2.98. The highest BCUT2D eigenvalue weighted by molar-refractivity contribution is 7.21. The van der Waals surface area contributed by atoms with Crippen LogP contribution < -0.4 is 5.32 Å². The summed E-state index contributed by atoms with van der Waals surface area (Å²) in [6.45, 7) is 6.59. The number of nitrogens with zero attached hydrogens (tertiary/aromatic N) is 1. The zero-order valence-electron chi connectivity index (χ0n) is 14.5. The van der Waals surface area contributed by atoms with Crippen molar-refractivity contribution in [1.82, 2.24) is 4.98 Å². The van der Waals surface area contributed by atoms with E-state index in [1.54, 1.807) is 11.3 Å². The Kier molecular flexibility index (Phi) is 4.88. The van der Waals surface area contributed by atoms with Crippen molar-refractivity contribution in [3.8, 4) is 10.6 Å². The minimum Gasteiger partial charge on any atom is -0.396 e. The van der Waals surface area contributed by atoms with E-state index < -0.39 is 0 Å². The van der Waals surface area contributed by atoms with Crippen molar-refractivity contribution < 1.29 is 5.11 Å². The third-order valence-corrected chi connectivity index (χ3v) is 5.63. The number of aryl methyl sites for hydroxylation is 1. The third kappa shape index (κ3) is 3.60. The van der Waals surface area contributed by atoms with Gasteiger partial charge in [-0.15, -0.1) is 11.3 Å². The molecule has 2 N–H and O–H groups in total. The minimum atomic E-state index is -0.0797.